The van der Waals surface area contributed by atoms with E-state index in [1.165, 1.54) is 0 Å². The maximum absolute atomic E-state index is 13.3. The molecule has 1 amide bonds. The van der Waals surface area contributed by atoms with Crippen LogP contribution in [-0.4, -0.2) is 27.8 Å². The third-order valence-electron chi connectivity index (χ3n) is 6.81. The van der Waals surface area contributed by atoms with Gasteiger partial charge in [0.1, 0.15) is 10.8 Å². The second-order valence-electron chi connectivity index (χ2n) is 9.64. The van der Waals surface area contributed by atoms with E-state index in [0.717, 1.165) is 54.6 Å². The molecule has 1 N–H and O–H groups in total. The first-order chi connectivity index (χ1) is 20.6. The number of aromatic nitrogens is 3. The highest BCUT2D eigenvalue weighted by molar-refractivity contribution is 7.19. The molecule has 0 radical (unpaired) electrons. The van der Waals surface area contributed by atoms with E-state index in [1.54, 1.807) is 18.4 Å². The van der Waals surface area contributed by atoms with E-state index in [1.807, 2.05) is 120 Å². The first-order valence-electron chi connectivity index (χ1n) is 13.4. The van der Waals surface area contributed by atoms with Gasteiger partial charge in [0, 0.05) is 28.9 Å². The van der Waals surface area contributed by atoms with Gasteiger partial charge in [0.15, 0.2) is 0 Å². The molecule has 42 heavy (non-hydrogen) atoms. The smallest absolute Gasteiger partial charge is 0.224 e. The summed E-state index contributed by atoms with van der Waals surface area (Å²) in [5, 5.41) is 9.40. The second kappa shape index (κ2) is 12.4. The van der Waals surface area contributed by atoms with E-state index in [2.05, 4.69) is 5.32 Å². The number of carbonyl (C=O) groups excluding carboxylic acids is 1. The fourth-order valence-corrected chi connectivity index (χ4v) is 5.82. The lowest BCUT2D eigenvalue weighted by Crippen LogP contribution is -2.22. The van der Waals surface area contributed by atoms with Crippen LogP contribution >= 0.6 is 22.9 Å². The van der Waals surface area contributed by atoms with Crippen LogP contribution < -0.4 is 10.1 Å². The monoisotopic (exact) mass is 590 g/mol. The normalized spacial score (nSPS) is 11.5. The number of thiazole rings is 1. The van der Waals surface area contributed by atoms with Crippen LogP contribution in [0.5, 0.6) is 5.75 Å². The minimum Gasteiger partial charge on any atom is -0.497 e. The Morgan fingerprint density at radius 2 is 1.69 bits per heavy atom. The van der Waals surface area contributed by atoms with Gasteiger partial charge in [0.25, 0.3) is 0 Å². The maximum Gasteiger partial charge on any atom is 0.224 e. The van der Waals surface area contributed by atoms with Gasteiger partial charge in [-0.25, -0.2) is 9.67 Å². The maximum atomic E-state index is 13.3. The predicted molar refractivity (Wildman–Crippen MR) is 171 cm³/mol. The fraction of sp³-hybridized carbons (Fsp3) is 0.0882. The molecule has 6 rings (SSSR count). The molecule has 0 fully saturated rings. The largest absolute Gasteiger partial charge is 0.497 e. The van der Waals surface area contributed by atoms with Crippen molar-refractivity contribution in [2.24, 2.45) is 0 Å². The number of nitrogens with zero attached hydrogens (tertiary/aromatic N) is 3. The molecule has 8 heteroatoms. The zero-order valence-corrected chi connectivity index (χ0v) is 24.4. The van der Waals surface area contributed by atoms with Crippen molar-refractivity contribution in [3.63, 3.8) is 0 Å². The average Bonchev–Trinajstić information content (AvgIpc) is 3.66. The predicted octanol–water partition coefficient (Wildman–Crippen LogP) is 8.06. The number of fused-ring (bicyclic) bond motifs is 1. The second-order valence-corrected chi connectivity index (χ2v) is 11.1. The summed E-state index contributed by atoms with van der Waals surface area (Å²) in [7, 11) is 1.65. The van der Waals surface area contributed by atoms with E-state index in [4.69, 9.17) is 26.4 Å². The van der Waals surface area contributed by atoms with Crippen molar-refractivity contribution in [1.82, 2.24) is 20.1 Å². The standard InChI is InChI=1S/C34H27ClN4O2S/c1-41-28-17-15-23(16-18-28)33-26(22-39(38-33)27-10-3-2-4-11-27)19-25(34-37-30-13-7-8-14-31(30)42-34)20-32(40)36-21-24-9-5-6-12-29(24)35/h2-19,22H,20-21H2,1H3,(H,36,40)/b25-19-. The average molecular weight is 591 g/mol. The van der Waals surface area contributed by atoms with Gasteiger partial charge in [-0.3, -0.25) is 4.79 Å². The van der Waals surface area contributed by atoms with Crippen LogP contribution in [0.25, 0.3) is 38.8 Å². The molecule has 0 aliphatic carbocycles. The molecular weight excluding hydrogens is 564 g/mol. The number of para-hydroxylation sites is 2. The number of carbonyl (C=O) groups is 1. The SMILES string of the molecule is COc1ccc(-c2nn(-c3ccccc3)cc2/C=C(/CC(=O)NCc2ccccc2Cl)c2nc3ccccc3s2)cc1. The van der Waals surface area contributed by atoms with Crippen LogP contribution in [0.1, 0.15) is 22.6 Å². The molecule has 0 spiro atoms. The molecule has 0 bridgehead atoms. The quantitative estimate of drug-likeness (QED) is 0.185. The molecule has 4 aromatic carbocycles. The molecule has 0 aliphatic rings. The summed E-state index contributed by atoms with van der Waals surface area (Å²) in [4.78, 5) is 18.2. The van der Waals surface area contributed by atoms with Crippen molar-refractivity contribution in [3.8, 4) is 22.7 Å². The van der Waals surface area contributed by atoms with Crippen LogP contribution in [0, 0.1) is 0 Å². The molecule has 208 valence electrons. The molecule has 0 aliphatic heterocycles. The molecule has 0 atom stereocenters. The number of hydrogen-bond acceptors (Lipinski definition) is 5. The lowest BCUT2D eigenvalue weighted by atomic mass is 10.0. The number of rotatable bonds is 9. The Balaban J connectivity index is 1.41. The molecule has 2 aromatic heterocycles. The van der Waals surface area contributed by atoms with Crippen LogP contribution in [0.4, 0.5) is 0 Å². The summed E-state index contributed by atoms with van der Waals surface area (Å²) in [5.41, 5.74) is 6.10. The summed E-state index contributed by atoms with van der Waals surface area (Å²) in [6, 6.07) is 33.3. The number of halogens is 1. The summed E-state index contributed by atoms with van der Waals surface area (Å²) in [5.74, 6) is 0.644. The van der Waals surface area contributed by atoms with Gasteiger partial charge >= 0.3 is 0 Å². The molecule has 2 heterocycles. The number of hydrogen-bond donors (Lipinski definition) is 1. The highest BCUT2D eigenvalue weighted by Gasteiger charge is 2.17. The van der Waals surface area contributed by atoms with Crippen LogP contribution in [-0.2, 0) is 11.3 Å². The zero-order valence-electron chi connectivity index (χ0n) is 22.8. The van der Waals surface area contributed by atoms with Gasteiger partial charge in [-0.15, -0.1) is 11.3 Å². The highest BCUT2D eigenvalue weighted by Crippen LogP contribution is 2.33. The molecule has 6 nitrogen and oxygen atoms in total. The Morgan fingerprint density at radius 3 is 2.45 bits per heavy atom. The van der Waals surface area contributed by atoms with Crippen molar-refractivity contribution in [3.05, 3.63) is 130 Å². The molecular formula is C34H27ClN4O2S. The number of ether oxygens (including phenoxy) is 1. The topological polar surface area (TPSA) is 69.0 Å². The lowest BCUT2D eigenvalue weighted by molar-refractivity contribution is -0.120. The van der Waals surface area contributed by atoms with Gasteiger partial charge in [-0.1, -0.05) is 60.1 Å². The van der Waals surface area contributed by atoms with E-state index in [9.17, 15) is 4.79 Å². The third kappa shape index (κ3) is 6.12. The van der Waals surface area contributed by atoms with Crippen LogP contribution in [0.3, 0.4) is 0 Å². The van der Waals surface area contributed by atoms with Crippen molar-refractivity contribution in [1.29, 1.82) is 0 Å². The Kier molecular flexibility index (Phi) is 8.12. The van der Waals surface area contributed by atoms with Crippen molar-refractivity contribution < 1.29 is 9.53 Å². The van der Waals surface area contributed by atoms with Crippen LogP contribution in [0.15, 0.2) is 109 Å². The van der Waals surface area contributed by atoms with Gasteiger partial charge in [-0.2, -0.15) is 5.10 Å². The summed E-state index contributed by atoms with van der Waals surface area (Å²) >= 11 is 7.89. The first-order valence-corrected chi connectivity index (χ1v) is 14.6. The minimum atomic E-state index is -0.123. The van der Waals surface area contributed by atoms with E-state index < -0.39 is 0 Å². The highest BCUT2D eigenvalue weighted by atomic mass is 35.5. The van der Waals surface area contributed by atoms with Crippen molar-refractivity contribution >= 4 is 50.7 Å². The molecule has 0 unspecified atom stereocenters. The zero-order chi connectivity index (χ0) is 28.9. The number of benzene rings is 4. The fourth-order valence-electron chi connectivity index (χ4n) is 4.64. The summed E-state index contributed by atoms with van der Waals surface area (Å²) < 4.78 is 8.29. The van der Waals surface area contributed by atoms with E-state index in [-0.39, 0.29) is 12.3 Å². The molecule has 0 saturated carbocycles. The number of amides is 1. The van der Waals surface area contributed by atoms with Crippen molar-refractivity contribution in [2.75, 3.05) is 7.11 Å². The minimum absolute atomic E-state index is 0.123. The number of methoxy groups -OCH3 is 1. The number of nitrogens with one attached hydrogen (secondary N) is 1. The summed E-state index contributed by atoms with van der Waals surface area (Å²) in [6.07, 6.45) is 4.16. The van der Waals surface area contributed by atoms with E-state index >= 15 is 0 Å². The Bertz CT molecular complexity index is 1840. The lowest BCUT2D eigenvalue weighted by Gasteiger charge is -2.09. The molecule has 6 aromatic rings. The van der Waals surface area contributed by atoms with Gasteiger partial charge in [-0.05, 0) is 71.8 Å². The van der Waals surface area contributed by atoms with Gasteiger partial charge < -0.3 is 10.1 Å². The Labute approximate surface area is 252 Å². The van der Waals surface area contributed by atoms with Crippen molar-refractivity contribution in [2.45, 2.75) is 13.0 Å². The van der Waals surface area contributed by atoms with Crippen LogP contribution in [0.2, 0.25) is 5.02 Å². The summed E-state index contributed by atoms with van der Waals surface area (Å²) in [6.45, 7) is 0.342. The third-order valence-corrected chi connectivity index (χ3v) is 8.29. The van der Waals surface area contributed by atoms with Gasteiger partial charge in [0.2, 0.25) is 5.91 Å². The van der Waals surface area contributed by atoms with Gasteiger partial charge in [0.05, 0.1) is 35.1 Å². The van der Waals surface area contributed by atoms with E-state index in [0.29, 0.717) is 11.6 Å². The molecule has 0 saturated heterocycles. The first kappa shape index (κ1) is 27.4. The Morgan fingerprint density at radius 1 is 0.952 bits per heavy atom. The Hall–Kier alpha value is -4.72.